The van der Waals surface area contributed by atoms with E-state index in [1.165, 1.54) is 0 Å². The number of hydrogen-bond donors (Lipinski definition) is 2. The van der Waals surface area contributed by atoms with E-state index < -0.39 is 11.5 Å². The van der Waals surface area contributed by atoms with Crippen LogP contribution >= 0.6 is 0 Å². The molecule has 0 fully saturated rings. The zero-order chi connectivity index (χ0) is 14.7. The van der Waals surface area contributed by atoms with E-state index in [-0.39, 0.29) is 11.7 Å². The summed E-state index contributed by atoms with van der Waals surface area (Å²) < 4.78 is 5.51. The SMILES string of the molecule is CC(C)Oc1ccc(-c2ncc(C(=O)O)c(=O)[nH]2)cc1. The van der Waals surface area contributed by atoms with Gasteiger partial charge in [-0.25, -0.2) is 9.78 Å². The number of rotatable bonds is 4. The van der Waals surface area contributed by atoms with E-state index in [0.717, 1.165) is 6.20 Å². The number of ether oxygens (including phenoxy) is 1. The molecule has 2 aromatic rings. The second-order valence-corrected chi connectivity index (χ2v) is 4.47. The first kappa shape index (κ1) is 13.8. The molecule has 0 aliphatic heterocycles. The van der Waals surface area contributed by atoms with E-state index in [1.807, 2.05) is 13.8 Å². The number of aromatic amines is 1. The van der Waals surface area contributed by atoms with E-state index in [9.17, 15) is 9.59 Å². The van der Waals surface area contributed by atoms with Crippen LogP contribution in [0.3, 0.4) is 0 Å². The Bertz CT molecular complexity index is 674. The largest absolute Gasteiger partial charge is 0.491 e. The summed E-state index contributed by atoms with van der Waals surface area (Å²) >= 11 is 0. The zero-order valence-corrected chi connectivity index (χ0v) is 11.1. The third-order valence-electron chi connectivity index (χ3n) is 2.53. The van der Waals surface area contributed by atoms with Crippen LogP contribution in [0.25, 0.3) is 11.4 Å². The highest BCUT2D eigenvalue weighted by atomic mass is 16.5. The van der Waals surface area contributed by atoms with Crippen molar-refractivity contribution in [3.63, 3.8) is 0 Å². The summed E-state index contributed by atoms with van der Waals surface area (Å²) in [6, 6.07) is 7.02. The van der Waals surface area contributed by atoms with Gasteiger partial charge in [0.25, 0.3) is 5.56 Å². The van der Waals surface area contributed by atoms with Gasteiger partial charge in [-0.2, -0.15) is 0 Å². The van der Waals surface area contributed by atoms with Gasteiger partial charge in [-0.05, 0) is 38.1 Å². The van der Waals surface area contributed by atoms with Gasteiger partial charge in [0.2, 0.25) is 0 Å². The Hall–Kier alpha value is -2.63. The van der Waals surface area contributed by atoms with Crippen LogP contribution in [0.4, 0.5) is 0 Å². The summed E-state index contributed by atoms with van der Waals surface area (Å²) in [5.74, 6) is -0.268. The van der Waals surface area contributed by atoms with Crippen molar-refractivity contribution in [3.05, 3.63) is 46.4 Å². The maximum absolute atomic E-state index is 11.6. The number of carboxylic acid groups (broad SMARTS) is 1. The Labute approximate surface area is 115 Å². The van der Waals surface area contributed by atoms with Gasteiger partial charge in [-0.1, -0.05) is 0 Å². The number of carbonyl (C=O) groups is 1. The molecule has 0 aliphatic carbocycles. The number of carboxylic acids is 1. The topological polar surface area (TPSA) is 92.3 Å². The van der Waals surface area contributed by atoms with Gasteiger partial charge in [0, 0.05) is 11.8 Å². The highest BCUT2D eigenvalue weighted by Gasteiger charge is 2.10. The Kier molecular flexibility index (Phi) is 3.84. The third-order valence-corrected chi connectivity index (χ3v) is 2.53. The number of nitrogens with one attached hydrogen (secondary N) is 1. The minimum absolute atomic E-state index is 0.0774. The first-order valence-corrected chi connectivity index (χ1v) is 6.07. The minimum atomic E-state index is -1.30. The zero-order valence-electron chi connectivity index (χ0n) is 11.1. The van der Waals surface area contributed by atoms with Crippen molar-refractivity contribution < 1.29 is 14.6 Å². The van der Waals surface area contributed by atoms with E-state index in [1.54, 1.807) is 24.3 Å². The van der Waals surface area contributed by atoms with Gasteiger partial charge in [0.15, 0.2) is 0 Å². The van der Waals surface area contributed by atoms with Crippen molar-refractivity contribution in [3.8, 4) is 17.1 Å². The number of hydrogen-bond acceptors (Lipinski definition) is 4. The Morgan fingerprint density at radius 1 is 1.30 bits per heavy atom. The maximum Gasteiger partial charge on any atom is 0.342 e. The van der Waals surface area contributed by atoms with E-state index >= 15 is 0 Å². The molecule has 0 spiro atoms. The number of benzene rings is 1. The van der Waals surface area contributed by atoms with Crippen LogP contribution in [0.15, 0.2) is 35.3 Å². The molecule has 1 heterocycles. The number of nitrogens with zero attached hydrogens (tertiary/aromatic N) is 1. The standard InChI is InChI=1S/C14H14N2O4/c1-8(2)20-10-5-3-9(4-6-10)12-15-7-11(14(18)19)13(17)16-12/h3-8H,1-2H3,(H,18,19)(H,15,16,17). The fraction of sp³-hybridized carbons (Fsp3) is 0.214. The van der Waals surface area contributed by atoms with Crippen LogP contribution in [0, 0.1) is 0 Å². The van der Waals surface area contributed by atoms with Gasteiger partial charge < -0.3 is 14.8 Å². The van der Waals surface area contributed by atoms with Gasteiger partial charge in [0.1, 0.15) is 17.1 Å². The molecule has 104 valence electrons. The van der Waals surface area contributed by atoms with Crippen LogP contribution in [-0.2, 0) is 0 Å². The molecule has 0 unspecified atom stereocenters. The highest BCUT2D eigenvalue weighted by Crippen LogP contribution is 2.19. The van der Waals surface area contributed by atoms with Crippen molar-refractivity contribution in [2.75, 3.05) is 0 Å². The van der Waals surface area contributed by atoms with Crippen molar-refractivity contribution in [1.29, 1.82) is 0 Å². The summed E-state index contributed by atoms with van der Waals surface area (Å²) in [6.45, 7) is 3.86. The number of H-pyrrole nitrogens is 1. The lowest BCUT2D eigenvalue weighted by molar-refractivity contribution is 0.0694. The fourth-order valence-electron chi connectivity index (χ4n) is 1.66. The summed E-state index contributed by atoms with van der Waals surface area (Å²) in [5, 5.41) is 8.77. The van der Waals surface area contributed by atoms with Gasteiger partial charge >= 0.3 is 5.97 Å². The summed E-state index contributed by atoms with van der Waals surface area (Å²) in [7, 11) is 0. The molecular formula is C14H14N2O4. The number of aromatic carboxylic acids is 1. The first-order chi connectivity index (χ1) is 9.47. The second kappa shape index (κ2) is 5.56. The normalized spacial score (nSPS) is 10.6. The molecule has 2 N–H and O–H groups in total. The quantitative estimate of drug-likeness (QED) is 0.888. The Balaban J connectivity index is 2.30. The van der Waals surface area contributed by atoms with Gasteiger partial charge in [-0.15, -0.1) is 0 Å². The molecule has 20 heavy (non-hydrogen) atoms. The van der Waals surface area contributed by atoms with Crippen molar-refractivity contribution in [1.82, 2.24) is 9.97 Å². The Morgan fingerprint density at radius 2 is 1.95 bits per heavy atom. The predicted octanol–water partition coefficient (Wildman–Crippen LogP) is 1.92. The molecule has 2 rings (SSSR count). The van der Waals surface area contributed by atoms with Crippen LogP contribution in [0.1, 0.15) is 24.2 Å². The first-order valence-electron chi connectivity index (χ1n) is 6.07. The molecule has 0 amide bonds. The molecule has 1 aromatic heterocycles. The second-order valence-electron chi connectivity index (χ2n) is 4.47. The van der Waals surface area contributed by atoms with Crippen LogP contribution in [0.5, 0.6) is 5.75 Å². The Morgan fingerprint density at radius 3 is 2.45 bits per heavy atom. The molecule has 0 atom stereocenters. The van der Waals surface area contributed by atoms with Crippen LogP contribution in [-0.4, -0.2) is 27.1 Å². The average Bonchev–Trinajstić information content (AvgIpc) is 2.38. The van der Waals surface area contributed by atoms with E-state index in [0.29, 0.717) is 17.1 Å². The van der Waals surface area contributed by atoms with Crippen LogP contribution < -0.4 is 10.3 Å². The maximum atomic E-state index is 11.6. The molecular weight excluding hydrogens is 260 g/mol. The summed E-state index contributed by atoms with van der Waals surface area (Å²) in [6.07, 6.45) is 1.13. The monoisotopic (exact) mass is 274 g/mol. The molecule has 0 saturated heterocycles. The predicted molar refractivity (Wildman–Crippen MR) is 73.0 cm³/mol. The van der Waals surface area contributed by atoms with Crippen molar-refractivity contribution >= 4 is 5.97 Å². The average molecular weight is 274 g/mol. The van der Waals surface area contributed by atoms with E-state index in [2.05, 4.69) is 9.97 Å². The lowest BCUT2D eigenvalue weighted by atomic mass is 10.2. The molecule has 6 nitrogen and oxygen atoms in total. The lowest BCUT2D eigenvalue weighted by Crippen LogP contribution is -2.18. The number of aromatic nitrogens is 2. The molecule has 0 radical (unpaired) electrons. The van der Waals surface area contributed by atoms with Gasteiger partial charge in [0.05, 0.1) is 6.10 Å². The molecule has 1 aromatic carbocycles. The van der Waals surface area contributed by atoms with Gasteiger partial charge in [-0.3, -0.25) is 4.79 Å². The van der Waals surface area contributed by atoms with Crippen molar-refractivity contribution in [2.24, 2.45) is 0 Å². The van der Waals surface area contributed by atoms with E-state index in [4.69, 9.17) is 9.84 Å². The highest BCUT2D eigenvalue weighted by molar-refractivity contribution is 5.86. The molecule has 0 saturated carbocycles. The minimum Gasteiger partial charge on any atom is -0.491 e. The van der Waals surface area contributed by atoms with Crippen molar-refractivity contribution in [2.45, 2.75) is 20.0 Å². The molecule has 0 aliphatic rings. The summed E-state index contributed by atoms with van der Waals surface area (Å²) in [5.41, 5.74) is -0.381. The van der Waals surface area contributed by atoms with Crippen LogP contribution in [0.2, 0.25) is 0 Å². The smallest absolute Gasteiger partial charge is 0.342 e. The third kappa shape index (κ3) is 3.03. The molecule has 0 bridgehead atoms. The molecule has 6 heteroatoms. The summed E-state index contributed by atoms with van der Waals surface area (Å²) in [4.78, 5) is 28.7. The lowest BCUT2D eigenvalue weighted by Gasteiger charge is -2.09. The fourth-order valence-corrected chi connectivity index (χ4v) is 1.66.